The minimum absolute atomic E-state index is 0.0471. The number of rotatable bonds is 5. The van der Waals surface area contributed by atoms with Crippen molar-refractivity contribution in [3.63, 3.8) is 0 Å². The van der Waals surface area contributed by atoms with Crippen LogP contribution in [0.2, 0.25) is 0 Å². The molecule has 0 aromatic rings. The van der Waals surface area contributed by atoms with Crippen LogP contribution in [0.1, 0.15) is 61.3 Å². The van der Waals surface area contributed by atoms with Crippen molar-refractivity contribution in [3.8, 4) is 0 Å². The molecule has 41 heavy (non-hydrogen) atoms. The van der Waals surface area contributed by atoms with Gasteiger partial charge in [-0.3, -0.25) is 19.2 Å². The van der Waals surface area contributed by atoms with Crippen molar-refractivity contribution in [3.05, 3.63) is 11.6 Å². The highest BCUT2D eigenvalue weighted by Crippen LogP contribution is 2.65. The summed E-state index contributed by atoms with van der Waals surface area (Å²) in [6.07, 6.45) is -6.07. The van der Waals surface area contributed by atoms with Crippen LogP contribution in [0.15, 0.2) is 11.6 Å². The Balaban J connectivity index is 2.02. The normalized spacial score (nSPS) is 44.4. The van der Waals surface area contributed by atoms with Gasteiger partial charge in [-0.2, -0.15) is 0 Å². The Labute approximate surface area is 237 Å². The zero-order valence-electron chi connectivity index (χ0n) is 24.2. The first-order valence-corrected chi connectivity index (χ1v) is 13.6. The number of esters is 5. The molecule has 0 unspecified atom stereocenters. The first-order chi connectivity index (χ1) is 19.0. The summed E-state index contributed by atoms with van der Waals surface area (Å²) in [4.78, 5) is 62.2. The Morgan fingerprint density at radius 1 is 0.927 bits per heavy atom. The molecule has 0 amide bonds. The predicted molar refractivity (Wildman–Crippen MR) is 135 cm³/mol. The molecule has 11 atom stereocenters. The maximum absolute atomic E-state index is 13.1. The van der Waals surface area contributed by atoms with Crippen molar-refractivity contribution in [2.45, 2.75) is 109 Å². The maximum Gasteiger partial charge on any atom is 0.342 e. The highest BCUT2D eigenvalue weighted by Gasteiger charge is 2.87. The topological polar surface area (TPSA) is 184 Å². The van der Waals surface area contributed by atoms with E-state index in [4.69, 9.17) is 28.4 Å². The first kappa shape index (κ1) is 30.9. The van der Waals surface area contributed by atoms with Crippen LogP contribution in [-0.4, -0.2) is 94.5 Å². The number of hydrogen-bond acceptors (Lipinski definition) is 13. The van der Waals surface area contributed by atoms with Gasteiger partial charge in [0.15, 0.2) is 17.3 Å². The fraction of sp³-hybridized carbons (Fsp3) is 0.750. The summed E-state index contributed by atoms with van der Waals surface area (Å²) in [5, 5.41) is 22.7. The Hall–Kier alpha value is -3.03. The molecule has 4 rings (SSSR count). The molecule has 2 N–H and O–H groups in total. The predicted octanol–water partition coefficient (Wildman–Crippen LogP) is 0.512. The molecule has 13 heteroatoms. The SMILES string of the molecule is CC(=O)OC/C1=C\[C@@H]2OC(=O)[C@]3(C)O[C@@]23[C@@H](OC(C)=O)[C@H]2[C@@H](C)[C@@H](O)C[C@H](OC(C)=O)[C@]2(C)[C@@H](OC(C)=O)C[C@H]1O. The lowest BCUT2D eigenvalue weighted by molar-refractivity contribution is -0.233. The lowest BCUT2D eigenvalue weighted by Crippen LogP contribution is -2.66. The molecule has 2 saturated heterocycles. The van der Waals surface area contributed by atoms with Gasteiger partial charge in [0.2, 0.25) is 0 Å². The van der Waals surface area contributed by atoms with Gasteiger partial charge in [0, 0.05) is 51.9 Å². The smallest absolute Gasteiger partial charge is 0.342 e. The van der Waals surface area contributed by atoms with Crippen LogP contribution in [0.3, 0.4) is 0 Å². The van der Waals surface area contributed by atoms with E-state index in [1.54, 1.807) is 13.8 Å². The third-order valence-electron chi connectivity index (χ3n) is 9.19. The minimum Gasteiger partial charge on any atom is -0.462 e. The molecule has 4 aliphatic rings. The van der Waals surface area contributed by atoms with E-state index in [0.29, 0.717) is 0 Å². The number of epoxide rings is 1. The van der Waals surface area contributed by atoms with Gasteiger partial charge in [0.25, 0.3) is 0 Å². The lowest BCUT2D eigenvalue weighted by Gasteiger charge is -2.56. The number of fused-ring (bicyclic) bond motifs is 1. The van der Waals surface area contributed by atoms with Crippen molar-refractivity contribution >= 4 is 29.8 Å². The number of aliphatic hydroxyl groups excluding tert-OH is 2. The summed E-state index contributed by atoms with van der Waals surface area (Å²) in [5.74, 6) is -5.07. The van der Waals surface area contributed by atoms with Crippen LogP contribution < -0.4 is 0 Å². The average Bonchev–Trinajstić information content (AvgIpc) is 3.43. The van der Waals surface area contributed by atoms with E-state index in [-0.39, 0.29) is 25.0 Å². The quantitative estimate of drug-likeness (QED) is 0.198. The molecule has 0 bridgehead atoms. The summed E-state index contributed by atoms with van der Waals surface area (Å²) in [7, 11) is 0. The van der Waals surface area contributed by atoms with Crippen molar-refractivity contribution < 1.29 is 62.6 Å². The Morgan fingerprint density at radius 2 is 1.49 bits per heavy atom. The number of ether oxygens (including phenoxy) is 6. The van der Waals surface area contributed by atoms with Gasteiger partial charge in [0.1, 0.15) is 24.9 Å². The molecule has 2 aliphatic heterocycles. The number of carbonyl (C=O) groups is 5. The monoisotopic (exact) mass is 582 g/mol. The van der Waals surface area contributed by atoms with Crippen LogP contribution in [0, 0.1) is 17.3 Å². The molecule has 13 nitrogen and oxygen atoms in total. The molecule has 3 fully saturated rings. The second kappa shape index (κ2) is 10.7. The molecular weight excluding hydrogens is 544 g/mol. The number of carbonyl (C=O) groups excluding carboxylic acids is 5. The van der Waals surface area contributed by atoms with Crippen LogP contribution >= 0.6 is 0 Å². The van der Waals surface area contributed by atoms with Crippen molar-refractivity contribution in [2.75, 3.05) is 6.61 Å². The Bertz CT molecular complexity index is 1160. The molecule has 0 radical (unpaired) electrons. The summed E-state index contributed by atoms with van der Waals surface area (Å²) in [5.41, 5.74) is -4.49. The summed E-state index contributed by atoms with van der Waals surface area (Å²) in [6, 6.07) is 0. The van der Waals surface area contributed by atoms with Gasteiger partial charge in [-0.25, -0.2) is 4.79 Å². The third kappa shape index (κ3) is 5.01. The highest BCUT2D eigenvalue weighted by atomic mass is 16.7. The molecule has 1 saturated carbocycles. The Kier molecular flexibility index (Phi) is 8.04. The van der Waals surface area contributed by atoms with Crippen LogP contribution in [0.5, 0.6) is 0 Å². The lowest BCUT2D eigenvalue weighted by atomic mass is 9.53. The second-order valence-corrected chi connectivity index (χ2v) is 11.8. The average molecular weight is 583 g/mol. The second-order valence-electron chi connectivity index (χ2n) is 11.8. The summed E-state index contributed by atoms with van der Waals surface area (Å²) < 4.78 is 34.5. The molecule has 228 valence electrons. The van der Waals surface area contributed by atoms with E-state index >= 15 is 0 Å². The van der Waals surface area contributed by atoms with Crippen molar-refractivity contribution in [1.82, 2.24) is 0 Å². The third-order valence-corrected chi connectivity index (χ3v) is 9.19. The molecule has 0 aromatic carbocycles. The van der Waals surface area contributed by atoms with Gasteiger partial charge >= 0.3 is 29.8 Å². The van der Waals surface area contributed by atoms with Gasteiger partial charge in [0.05, 0.1) is 12.2 Å². The van der Waals surface area contributed by atoms with Gasteiger partial charge < -0.3 is 38.6 Å². The van der Waals surface area contributed by atoms with Crippen LogP contribution in [0.25, 0.3) is 0 Å². The van der Waals surface area contributed by atoms with E-state index in [1.807, 2.05) is 0 Å². The van der Waals surface area contributed by atoms with E-state index < -0.39 is 94.9 Å². The van der Waals surface area contributed by atoms with E-state index in [0.717, 1.165) is 0 Å². The van der Waals surface area contributed by atoms with Crippen molar-refractivity contribution in [1.29, 1.82) is 0 Å². The maximum atomic E-state index is 13.1. The highest BCUT2D eigenvalue weighted by molar-refractivity contribution is 5.89. The molecule has 2 heterocycles. The van der Waals surface area contributed by atoms with E-state index in [2.05, 4.69) is 0 Å². The summed E-state index contributed by atoms with van der Waals surface area (Å²) in [6.45, 7) is 9.24. The van der Waals surface area contributed by atoms with Crippen LogP contribution in [0.4, 0.5) is 0 Å². The van der Waals surface area contributed by atoms with Gasteiger partial charge in [-0.15, -0.1) is 0 Å². The minimum atomic E-state index is -1.63. The molecule has 0 aromatic heterocycles. The summed E-state index contributed by atoms with van der Waals surface area (Å²) >= 11 is 0. The standard InChI is InChI=1S/C28H38O13/c1-12-18(33)9-20(37-14(3)30)26(6)21(38-15(4)31)10-19(34)17(11-36-13(2)29)8-22-28(24(23(12)26)39-16(5)32)27(7,41-28)25(35)40-22/h8,12,18-24,33-34H,9-11H2,1-7H3/b17-8+/t12-,18-,19+,20-,21-,22-,23+,24-,26+,27-,28+/m0/s1. The van der Waals surface area contributed by atoms with Gasteiger partial charge in [-0.05, 0) is 24.5 Å². The fourth-order valence-corrected chi connectivity index (χ4v) is 7.14. The molecular formula is C28H38O13. The first-order valence-electron chi connectivity index (χ1n) is 13.6. The zero-order chi connectivity index (χ0) is 30.7. The van der Waals surface area contributed by atoms with Crippen molar-refractivity contribution in [2.24, 2.45) is 17.3 Å². The molecule has 1 spiro atoms. The van der Waals surface area contributed by atoms with Crippen LogP contribution in [-0.2, 0) is 52.4 Å². The van der Waals surface area contributed by atoms with Gasteiger partial charge in [-0.1, -0.05) is 13.8 Å². The zero-order valence-corrected chi connectivity index (χ0v) is 24.2. The number of hydrogen-bond donors (Lipinski definition) is 2. The number of aliphatic hydroxyl groups is 2. The largest absolute Gasteiger partial charge is 0.462 e. The van der Waals surface area contributed by atoms with E-state index in [9.17, 15) is 34.2 Å². The molecule has 2 aliphatic carbocycles. The fourth-order valence-electron chi connectivity index (χ4n) is 7.14. The van der Waals surface area contributed by atoms with E-state index in [1.165, 1.54) is 40.7 Å². The Morgan fingerprint density at radius 3 is 2.00 bits per heavy atom.